The SMILES string of the molecule is Cc1cc(C)cc(C2CSCC(C(=O)O)N2)c1. The van der Waals surface area contributed by atoms with Gasteiger partial charge in [-0.25, -0.2) is 0 Å². The minimum atomic E-state index is -0.758. The van der Waals surface area contributed by atoms with Gasteiger partial charge in [0.2, 0.25) is 0 Å². The molecular weight excluding hydrogens is 234 g/mol. The topological polar surface area (TPSA) is 49.3 Å². The molecule has 2 N–H and O–H groups in total. The fourth-order valence-corrected chi connectivity index (χ4v) is 3.32. The second-order valence-electron chi connectivity index (χ2n) is 4.57. The first-order valence-electron chi connectivity index (χ1n) is 5.71. The Bertz CT molecular complexity index is 413. The van der Waals surface area contributed by atoms with Crippen molar-refractivity contribution in [2.24, 2.45) is 0 Å². The third kappa shape index (κ3) is 3.01. The molecule has 2 unspecified atom stereocenters. The van der Waals surface area contributed by atoms with Gasteiger partial charge in [0, 0.05) is 17.5 Å². The molecule has 0 bridgehead atoms. The van der Waals surface area contributed by atoms with E-state index < -0.39 is 12.0 Å². The largest absolute Gasteiger partial charge is 0.480 e. The van der Waals surface area contributed by atoms with Crippen LogP contribution in [0, 0.1) is 13.8 Å². The predicted octanol–water partition coefficient (Wildman–Crippen LogP) is 2.13. The Morgan fingerprint density at radius 2 is 1.94 bits per heavy atom. The molecule has 17 heavy (non-hydrogen) atoms. The van der Waals surface area contributed by atoms with Crippen molar-refractivity contribution in [1.82, 2.24) is 5.32 Å². The Morgan fingerprint density at radius 1 is 1.29 bits per heavy atom. The Hall–Kier alpha value is -1.00. The number of carboxylic acid groups (broad SMARTS) is 1. The highest BCUT2D eigenvalue weighted by atomic mass is 32.2. The van der Waals surface area contributed by atoms with Gasteiger partial charge in [0.25, 0.3) is 0 Å². The van der Waals surface area contributed by atoms with Crippen molar-refractivity contribution in [3.63, 3.8) is 0 Å². The Morgan fingerprint density at radius 3 is 2.53 bits per heavy atom. The van der Waals surface area contributed by atoms with E-state index in [2.05, 4.69) is 37.4 Å². The van der Waals surface area contributed by atoms with Crippen molar-refractivity contribution in [2.75, 3.05) is 11.5 Å². The third-order valence-electron chi connectivity index (χ3n) is 2.92. The molecule has 0 spiro atoms. The molecule has 1 fully saturated rings. The Balaban J connectivity index is 2.18. The van der Waals surface area contributed by atoms with Crippen LogP contribution >= 0.6 is 11.8 Å². The van der Waals surface area contributed by atoms with Crippen LogP contribution in [-0.2, 0) is 4.79 Å². The molecule has 1 aromatic carbocycles. The van der Waals surface area contributed by atoms with Crippen LogP contribution < -0.4 is 5.32 Å². The summed E-state index contributed by atoms with van der Waals surface area (Å²) in [7, 11) is 0. The van der Waals surface area contributed by atoms with Crippen molar-refractivity contribution < 1.29 is 9.90 Å². The summed E-state index contributed by atoms with van der Waals surface area (Å²) < 4.78 is 0. The van der Waals surface area contributed by atoms with Crippen LogP contribution in [0.25, 0.3) is 0 Å². The molecule has 1 heterocycles. The second-order valence-corrected chi connectivity index (χ2v) is 5.64. The standard InChI is InChI=1S/C13H17NO2S/c1-8-3-9(2)5-10(4-8)11-6-17-7-12(14-11)13(15)16/h3-5,11-12,14H,6-7H2,1-2H3,(H,15,16). The lowest BCUT2D eigenvalue weighted by Crippen LogP contribution is -2.45. The molecule has 2 rings (SSSR count). The fourth-order valence-electron chi connectivity index (χ4n) is 2.19. The van der Waals surface area contributed by atoms with E-state index in [1.54, 1.807) is 11.8 Å². The number of benzene rings is 1. The molecule has 0 radical (unpaired) electrons. The van der Waals surface area contributed by atoms with Crippen molar-refractivity contribution in [3.05, 3.63) is 34.9 Å². The summed E-state index contributed by atoms with van der Waals surface area (Å²) in [6, 6.07) is 6.12. The van der Waals surface area contributed by atoms with Crippen molar-refractivity contribution in [3.8, 4) is 0 Å². The zero-order valence-corrected chi connectivity index (χ0v) is 10.9. The minimum absolute atomic E-state index is 0.147. The number of hydrogen-bond donors (Lipinski definition) is 2. The molecule has 1 saturated heterocycles. The number of thioether (sulfide) groups is 1. The molecule has 92 valence electrons. The number of nitrogens with one attached hydrogen (secondary N) is 1. The maximum Gasteiger partial charge on any atom is 0.321 e. The quantitative estimate of drug-likeness (QED) is 0.845. The molecule has 0 aliphatic carbocycles. The number of rotatable bonds is 2. The molecular formula is C13H17NO2S. The molecule has 3 nitrogen and oxygen atoms in total. The second kappa shape index (κ2) is 5.10. The molecule has 0 aromatic heterocycles. The van der Waals surface area contributed by atoms with Gasteiger partial charge in [-0.15, -0.1) is 0 Å². The molecule has 1 aliphatic rings. The van der Waals surface area contributed by atoms with Gasteiger partial charge >= 0.3 is 5.97 Å². The first-order chi connectivity index (χ1) is 8.06. The van der Waals surface area contributed by atoms with Gasteiger partial charge in [-0.1, -0.05) is 29.3 Å². The number of aryl methyl sites for hydroxylation is 2. The molecule has 4 heteroatoms. The van der Waals surface area contributed by atoms with E-state index in [1.807, 2.05) is 0 Å². The first kappa shape index (κ1) is 12.5. The third-order valence-corrected chi connectivity index (χ3v) is 4.05. The highest BCUT2D eigenvalue weighted by Gasteiger charge is 2.27. The summed E-state index contributed by atoms with van der Waals surface area (Å²) in [4.78, 5) is 11.0. The number of aliphatic carboxylic acids is 1. The van der Waals surface area contributed by atoms with E-state index in [-0.39, 0.29) is 6.04 Å². The van der Waals surface area contributed by atoms with Gasteiger partial charge < -0.3 is 5.11 Å². The van der Waals surface area contributed by atoms with Crippen LogP contribution in [0.3, 0.4) is 0 Å². The highest BCUT2D eigenvalue weighted by Crippen LogP contribution is 2.26. The molecule has 2 atom stereocenters. The number of hydrogen-bond acceptors (Lipinski definition) is 3. The Kier molecular flexibility index (Phi) is 3.74. The van der Waals surface area contributed by atoms with Crippen molar-refractivity contribution >= 4 is 17.7 Å². The first-order valence-corrected chi connectivity index (χ1v) is 6.86. The van der Waals surface area contributed by atoms with Crippen LogP contribution in [0.4, 0.5) is 0 Å². The molecule has 0 amide bonds. The van der Waals surface area contributed by atoms with Gasteiger partial charge in [-0.3, -0.25) is 10.1 Å². The summed E-state index contributed by atoms with van der Waals surface area (Å²) in [6.45, 7) is 4.14. The zero-order chi connectivity index (χ0) is 12.4. The summed E-state index contributed by atoms with van der Waals surface area (Å²) in [6.07, 6.45) is 0. The Labute approximate surface area is 106 Å². The maximum atomic E-state index is 11.0. The van der Waals surface area contributed by atoms with Crippen LogP contribution in [0.15, 0.2) is 18.2 Å². The van der Waals surface area contributed by atoms with Gasteiger partial charge in [-0.05, 0) is 19.4 Å². The predicted molar refractivity (Wildman–Crippen MR) is 70.5 cm³/mol. The van der Waals surface area contributed by atoms with Crippen molar-refractivity contribution in [1.29, 1.82) is 0 Å². The van der Waals surface area contributed by atoms with Gasteiger partial charge in [0.1, 0.15) is 6.04 Å². The lowest BCUT2D eigenvalue weighted by Gasteiger charge is -2.29. The van der Waals surface area contributed by atoms with E-state index in [0.717, 1.165) is 5.75 Å². The summed E-state index contributed by atoms with van der Waals surface area (Å²) >= 11 is 1.70. The summed E-state index contributed by atoms with van der Waals surface area (Å²) in [5, 5.41) is 12.2. The monoisotopic (exact) mass is 251 g/mol. The van der Waals surface area contributed by atoms with Crippen molar-refractivity contribution in [2.45, 2.75) is 25.9 Å². The van der Waals surface area contributed by atoms with Crippen LogP contribution in [0.2, 0.25) is 0 Å². The smallest absolute Gasteiger partial charge is 0.321 e. The van der Waals surface area contributed by atoms with Crippen LogP contribution in [-0.4, -0.2) is 28.6 Å². The van der Waals surface area contributed by atoms with E-state index in [1.165, 1.54) is 16.7 Å². The highest BCUT2D eigenvalue weighted by molar-refractivity contribution is 7.99. The summed E-state index contributed by atoms with van der Waals surface area (Å²) in [5.41, 5.74) is 3.65. The van der Waals surface area contributed by atoms with Gasteiger partial charge in [0.05, 0.1) is 0 Å². The van der Waals surface area contributed by atoms with Crippen LogP contribution in [0.1, 0.15) is 22.7 Å². The fraction of sp³-hybridized carbons (Fsp3) is 0.462. The zero-order valence-electron chi connectivity index (χ0n) is 10.1. The molecule has 1 aromatic rings. The summed E-state index contributed by atoms with van der Waals surface area (Å²) in [5.74, 6) is 0.829. The van der Waals surface area contributed by atoms with Gasteiger partial charge in [0.15, 0.2) is 0 Å². The average molecular weight is 251 g/mol. The normalized spacial score (nSPS) is 24.6. The van der Waals surface area contributed by atoms with Crippen LogP contribution in [0.5, 0.6) is 0 Å². The average Bonchev–Trinajstić information content (AvgIpc) is 2.28. The van der Waals surface area contributed by atoms with E-state index in [9.17, 15) is 4.79 Å². The minimum Gasteiger partial charge on any atom is -0.480 e. The maximum absolute atomic E-state index is 11.0. The molecule has 0 saturated carbocycles. The lowest BCUT2D eigenvalue weighted by molar-refractivity contribution is -0.139. The number of carbonyl (C=O) groups is 1. The van der Waals surface area contributed by atoms with E-state index in [4.69, 9.17) is 5.11 Å². The van der Waals surface area contributed by atoms with E-state index >= 15 is 0 Å². The van der Waals surface area contributed by atoms with E-state index in [0.29, 0.717) is 5.75 Å². The molecule has 1 aliphatic heterocycles. The number of carboxylic acids is 1. The van der Waals surface area contributed by atoms with Gasteiger partial charge in [-0.2, -0.15) is 11.8 Å². The lowest BCUT2D eigenvalue weighted by atomic mass is 10.0.